The number of benzene rings is 3. The normalized spacial score (nSPS) is 17.9. The van der Waals surface area contributed by atoms with Crippen molar-refractivity contribution in [2.45, 2.75) is 25.4 Å². The standard InChI is InChI=1S/C28H30N2O/c1-30(2)17-16-22-12-13-24-18-23(14-15-27(24)28(22)31-3)20-8-10-21(11-9-20)26-7-5-4-6-25(26)19-29/h4-11,14-15,18,22,28H,12-13,16-17H2,1-3H3. The first-order valence-electron chi connectivity index (χ1n) is 11.0. The van der Waals surface area contributed by atoms with Gasteiger partial charge >= 0.3 is 0 Å². The Hall–Kier alpha value is -2.93. The molecule has 3 aromatic rings. The molecule has 0 aromatic heterocycles. The fourth-order valence-electron chi connectivity index (χ4n) is 4.74. The lowest BCUT2D eigenvalue weighted by Gasteiger charge is -2.33. The Morgan fingerprint density at radius 1 is 0.968 bits per heavy atom. The van der Waals surface area contributed by atoms with Gasteiger partial charge in [0, 0.05) is 7.11 Å². The fraction of sp³-hybridized carbons (Fsp3) is 0.321. The van der Waals surface area contributed by atoms with Crippen molar-refractivity contribution in [3.63, 3.8) is 0 Å². The van der Waals surface area contributed by atoms with Crippen LogP contribution in [-0.4, -0.2) is 32.6 Å². The fourth-order valence-corrected chi connectivity index (χ4v) is 4.74. The Labute approximate surface area is 185 Å². The highest BCUT2D eigenvalue weighted by molar-refractivity contribution is 5.74. The summed E-state index contributed by atoms with van der Waals surface area (Å²) in [5.41, 5.74) is 7.95. The second kappa shape index (κ2) is 9.47. The molecule has 0 fully saturated rings. The number of ether oxygens (including phenoxy) is 1. The van der Waals surface area contributed by atoms with E-state index in [9.17, 15) is 5.26 Å². The number of methoxy groups -OCH3 is 1. The van der Waals surface area contributed by atoms with E-state index in [0.29, 0.717) is 11.5 Å². The van der Waals surface area contributed by atoms with Gasteiger partial charge in [-0.05, 0) is 85.3 Å². The van der Waals surface area contributed by atoms with Gasteiger partial charge in [0.1, 0.15) is 0 Å². The number of hydrogen-bond donors (Lipinski definition) is 0. The molecule has 3 aromatic carbocycles. The van der Waals surface area contributed by atoms with Crippen LogP contribution in [0.15, 0.2) is 66.7 Å². The van der Waals surface area contributed by atoms with Gasteiger partial charge in [0.05, 0.1) is 17.7 Å². The van der Waals surface area contributed by atoms with Gasteiger partial charge in [-0.1, -0.05) is 60.7 Å². The zero-order valence-electron chi connectivity index (χ0n) is 18.6. The minimum absolute atomic E-state index is 0.183. The molecule has 31 heavy (non-hydrogen) atoms. The molecule has 0 heterocycles. The first-order valence-corrected chi connectivity index (χ1v) is 11.0. The van der Waals surface area contributed by atoms with Crippen molar-refractivity contribution in [2.75, 3.05) is 27.7 Å². The lowest BCUT2D eigenvalue weighted by molar-refractivity contribution is 0.0343. The molecule has 2 unspecified atom stereocenters. The van der Waals surface area contributed by atoms with E-state index in [1.54, 1.807) is 0 Å². The molecule has 0 saturated heterocycles. The largest absolute Gasteiger partial charge is 0.376 e. The Bertz CT molecular complexity index is 1080. The monoisotopic (exact) mass is 410 g/mol. The van der Waals surface area contributed by atoms with Gasteiger partial charge in [-0.15, -0.1) is 0 Å². The summed E-state index contributed by atoms with van der Waals surface area (Å²) in [6, 6.07) is 25.4. The number of hydrogen-bond acceptors (Lipinski definition) is 3. The average Bonchev–Trinajstić information content (AvgIpc) is 2.82. The predicted molar refractivity (Wildman–Crippen MR) is 127 cm³/mol. The average molecular weight is 411 g/mol. The minimum atomic E-state index is 0.183. The van der Waals surface area contributed by atoms with Crippen molar-refractivity contribution in [3.05, 3.63) is 83.4 Å². The Balaban J connectivity index is 1.58. The van der Waals surface area contributed by atoms with E-state index in [-0.39, 0.29) is 6.10 Å². The van der Waals surface area contributed by atoms with E-state index < -0.39 is 0 Å². The van der Waals surface area contributed by atoms with Crippen LogP contribution in [0.5, 0.6) is 0 Å². The van der Waals surface area contributed by atoms with Gasteiger partial charge in [0.25, 0.3) is 0 Å². The van der Waals surface area contributed by atoms with Crippen LogP contribution >= 0.6 is 0 Å². The minimum Gasteiger partial charge on any atom is -0.376 e. The van der Waals surface area contributed by atoms with Gasteiger partial charge in [0.15, 0.2) is 0 Å². The van der Waals surface area contributed by atoms with Crippen molar-refractivity contribution >= 4 is 0 Å². The highest BCUT2D eigenvalue weighted by Crippen LogP contribution is 2.40. The maximum atomic E-state index is 9.38. The van der Waals surface area contributed by atoms with Crippen molar-refractivity contribution < 1.29 is 4.74 Å². The molecule has 3 heteroatoms. The van der Waals surface area contributed by atoms with E-state index in [1.165, 1.54) is 35.1 Å². The van der Waals surface area contributed by atoms with Crippen LogP contribution in [0.1, 0.15) is 35.6 Å². The summed E-state index contributed by atoms with van der Waals surface area (Å²) >= 11 is 0. The van der Waals surface area contributed by atoms with Gasteiger partial charge < -0.3 is 9.64 Å². The van der Waals surface area contributed by atoms with Crippen LogP contribution < -0.4 is 0 Å². The Kier molecular flexibility index (Phi) is 6.51. The molecule has 0 amide bonds. The summed E-state index contributed by atoms with van der Waals surface area (Å²) in [7, 11) is 6.11. The molecule has 1 aliphatic rings. The number of nitriles is 1. The quantitative estimate of drug-likeness (QED) is 0.493. The molecule has 0 N–H and O–H groups in total. The van der Waals surface area contributed by atoms with Crippen molar-refractivity contribution in [2.24, 2.45) is 5.92 Å². The van der Waals surface area contributed by atoms with E-state index >= 15 is 0 Å². The summed E-state index contributed by atoms with van der Waals surface area (Å²) in [6.07, 6.45) is 3.63. The molecule has 3 nitrogen and oxygen atoms in total. The maximum absolute atomic E-state index is 9.38. The molecular weight excluding hydrogens is 380 g/mol. The summed E-state index contributed by atoms with van der Waals surface area (Å²) in [6.45, 7) is 1.10. The topological polar surface area (TPSA) is 36.3 Å². The molecule has 0 saturated carbocycles. The molecule has 2 atom stereocenters. The van der Waals surface area contributed by atoms with Gasteiger partial charge in [-0.25, -0.2) is 0 Å². The highest BCUT2D eigenvalue weighted by atomic mass is 16.5. The highest BCUT2D eigenvalue weighted by Gasteiger charge is 2.29. The van der Waals surface area contributed by atoms with Crippen LogP contribution in [0.2, 0.25) is 0 Å². The molecular formula is C28H30N2O. The number of rotatable bonds is 6. The smallest absolute Gasteiger partial charge is 0.0998 e. The lowest BCUT2D eigenvalue weighted by atomic mass is 9.78. The summed E-state index contributed by atoms with van der Waals surface area (Å²) in [4.78, 5) is 2.25. The van der Waals surface area contributed by atoms with Crippen molar-refractivity contribution in [1.29, 1.82) is 5.26 Å². The molecule has 0 bridgehead atoms. The van der Waals surface area contributed by atoms with Crippen LogP contribution in [0.25, 0.3) is 22.3 Å². The van der Waals surface area contributed by atoms with Crippen molar-refractivity contribution in [1.82, 2.24) is 4.90 Å². The zero-order chi connectivity index (χ0) is 21.8. The van der Waals surface area contributed by atoms with E-state index in [1.807, 2.05) is 31.4 Å². The van der Waals surface area contributed by atoms with Gasteiger partial charge in [0.2, 0.25) is 0 Å². The SMILES string of the molecule is COC1c2ccc(-c3ccc(-c4ccccc4C#N)cc3)cc2CCC1CCN(C)C. The van der Waals surface area contributed by atoms with Gasteiger partial charge in [-0.2, -0.15) is 5.26 Å². The summed E-state index contributed by atoms with van der Waals surface area (Å²) in [5.74, 6) is 0.574. The van der Waals surface area contributed by atoms with Crippen LogP contribution in [-0.2, 0) is 11.2 Å². The third-order valence-electron chi connectivity index (χ3n) is 6.44. The molecule has 158 valence electrons. The summed E-state index contributed by atoms with van der Waals surface area (Å²) < 4.78 is 5.95. The third-order valence-corrected chi connectivity index (χ3v) is 6.44. The number of aryl methyl sites for hydroxylation is 1. The molecule has 0 radical (unpaired) electrons. The van der Waals surface area contributed by atoms with Crippen LogP contribution in [0.4, 0.5) is 0 Å². The predicted octanol–water partition coefficient (Wildman–Crippen LogP) is 6.09. The molecule has 1 aliphatic carbocycles. The first-order chi connectivity index (χ1) is 15.1. The van der Waals surface area contributed by atoms with Crippen LogP contribution in [0.3, 0.4) is 0 Å². The second-order valence-electron chi connectivity index (χ2n) is 8.70. The Morgan fingerprint density at radius 3 is 2.39 bits per heavy atom. The van der Waals surface area contributed by atoms with Crippen molar-refractivity contribution in [3.8, 4) is 28.3 Å². The Morgan fingerprint density at radius 2 is 1.68 bits per heavy atom. The molecule has 4 rings (SSSR count). The van der Waals surface area contributed by atoms with E-state index in [2.05, 4.69) is 67.5 Å². The van der Waals surface area contributed by atoms with E-state index in [0.717, 1.165) is 24.1 Å². The lowest BCUT2D eigenvalue weighted by Crippen LogP contribution is -2.26. The number of nitrogens with zero attached hydrogens (tertiary/aromatic N) is 2. The van der Waals surface area contributed by atoms with E-state index in [4.69, 9.17) is 4.74 Å². The molecule has 0 aliphatic heterocycles. The maximum Gasteiger partial charge on any atom is 0.0998 e. The molecule has 0 spiro atoms. The third kappa shape index (κ3) is 4.56. The zero-order valence-corrected chi connectivity index (χ0v) is 18.6. The second-order valence-corrected chi connectivity index (χ2v) is 8.70. The summed E-state index contributed by atoms with van der Waals surface area (Å²) in [5, 5.41) is 9.38. The van der Waals surface area contributed by atoms with Gasteiger partial charge in [-0.3, -0.25) is 0 Å². The number of fused-ring (bicyclic) bond motifs is 1. The first kappa shape index (κ1) is 21.3. The van der Waals surface area contributed by atoms with Crippen LogP contribution in [0, 0.1) is 17.2 Å².